The highest BCUT2D eigenvalue weighted by atomic mass is 16.3. The number of likely N-dealkylation sites (N-methyl/N-ethyl adjacent to an activating group) is 1. The Morgan fingerprint density at radius 3 is 1.79 bits per heavy atom. The third kappa shape index (κ3) is 11.0. The average molecular weight is 396 g/mol. The zero-order valence-corrected chi connectivity index (χ0v) is 19.6. The summed E-state index contributed by atoms with van der Waals surface area (Å²) in [5.41, 5.74) is 0. The summed E-state index contributed by atoms with van der Waals surface area (Å²) in [4.78, 5) is 4.76. The molecule has 1 aliphatic rings. The van der Waals surface area contributed by atoms with Gasteiger partial charge >= 0.3 is 0 Å². The van der Waals surface area contributed by atoms with Gasteiger partial charge < -0.3 is 5.11 Å². The average Bonchev–Trinajstić information content (AvgIpc) is 3.08. The number of rotatable bonds is 19. The molecule has 0 saturated carbocycles. The molecule has 0 amide bonds. The van der Waals surface area contributed by atoms with Crippen LogP contribution in [0.5, 0.6) is 0 Å². The van der Waals surface area contributed by atoms with Crippen molar-refractivity contribution < 1.29 is 9.59 Å². The van der Waals surface area contributed by atoms with Crippen molar-refractivity contribution in [3.8, 4) is 0 Å². The van der Waals surface area contributed by atoms with Crippen LogP contribution in [-0.4, -0.2) is 48.2 Å². The smallest absolute Gasteiger partial charge is 0.198 e. The van der Waals surface area contributed by atoms with Crippen LogP contribution in [0.4, 0.5) is 0 Å². The lowest BCUT2D eigenvalue weighted by molar-refractivity contribution is -0.835. The predicted octanol–water partition coefficient (Wildman–Crippen LogP) is 6.74. The molecule has 0 aromatic carbocycles. The van der Waals surface area contributed by atoms with Gasteiger partial charge in [-0.1, -0.05) is 97.3 Å². The Kier molecular flexibility index (Phi) is 15.0. The zero-order chi connectivity index (χ0) is 20.5. The lowest BCUT2D eigenvalue weighted by Gasteiger charge is -2.33. The van der Waals surface area contributed by atoms with Crippen molar-refractivity contribution in [2.45, 2.75) is 117 Å². The minimum atomic E-state index is 0.283. The van der Waals surface area contributed by atoms with E-state index < -0.39 is 0 Å². The first-order valence-electron chi connectivity index (χ1n) is 12.7. The van der Waals surface area contributed by atoms with Crippen molar-refractivity contribution in [1.82, 2.24) is 0 Å². The van der Waals surface area contributed by atoms with E-state index in [2.05, 4.69) is 20.8 Å². The summed E-state index contributed by atoms with van der Waals surface area (Å²) < 4.78 is 0.953. The molecule has 1 rings (SSSR count). The van der Waals surface area contributed by atoms with Crippen LogP contribution in [0.15, 0.2) is 4.99 Å². The summed E-state index contributed by atoms with van der Waals surface area (Å²) in [5.74, 6) is 2.24. The molecule has 0 saturated heterocycles. The fourth-order valence-corrected chi connectivity index (χ4v) is 4.68. The molecule has 0 spiro atoms. The predicted molar refractivity (Wildman–Crippen MR) is 124 cm³/mol. The minimum Gasteiger partial charge on any atom is -0.390 e. The Morgan fingerprint density at radius 1 is 0.821 bits per heavy atom. The third-order valence-corrected chi connectivity index (χ3v) is 6.69. The lowest BCUT2D eigenvalue weighted by atomic mass is 10.0. The van der Waals surface area contributed by atoms with E-state index in [-0.39, 0.29) is 6.61 Å². The molecule has 0 aromatic heterocycles. The quantitative estimate of drug-likeness (QED) is 0.191. The van der Waals surface area contributed by atoms with Crippen molar-refractivity contribution in [2.24, 2.45) is 10.9 Å². The van der Waals surface area contributed by atoms with Gasteiger partial charge in [0.05, 0.1) is 19.7 Å². The molecule has 0 aliphatic carbocycles. The van der Waals surface area contributed by atoms with Gasteiger partial charge in [0.2, 0.25) is 0 Å². The highest BCUT2D eigenvalue weighted by Gasteiger charge is 2.35. The number of aliphatic hydroxyl groups is 1. The number of aliphatic imine (C=N–C) groups is 1. The molecule has 1 N–H and O–H groups in total. The van der Waals surface area contributed by atoms with Crippen LogP contribution < -0.4 is 0 Å². The highest BCUT2D eigenvalue weighted by Crippen LogP contribution is 2.20. The standard InChI is InChI=1S/C25H51N2O/c1-4-27(22-23-28)21-20-26-25(27)19-17-15-13-11-9-7-5-6-8-10-12-14-16-18-24(2)3/h24,28H,4-23H2,1-3H3/q+1. The molecular formula is C25H51N2O+. The zero-order valence-electron chi connectivity index (χ0n) is 19.6. The molecule has 28 heavy (non-hydrogen) atoms. The van der Waals surface area contributed by atoms with Gasteiger partial charge in [-0.2, -0.15) is 0 Å². The van der Waals surface area contributed by atoms with E-state index in [9.17, 15) is 5.11 Å². The molecule has 0 fully saturated rings. The Hall–Kier alpha value is -0.410. The summed E-state index contributed by atoms with van der Waals surface area (Å²) >= 11 is 0. The maximum Gasteiger partial charge on any atom is 0.198 e. The number of aliphatic hydroxyl groups excluding tert-OH is 1. The van der Waals surface area contributed by atoms with E-state index in [4.69, 9.17) is 4.99 Å². The number of hydrogen-bond acceptors (Lipinski definition) is 2. The van der Waals surface area contributed by atoms with Crippen LogP contribution >= 0.6 is 0 Å². The van der Waals surface area contributed by atoms with Crippen molar-refractivity contribution in [3.63, 3.8) is 0 Å². The number of nitrogens with zero attached hydrogens (tertiary/aromatic N) is 2. The van der Waals surface area contributed by atoms with Crippen molar-refractivity contribution in [3.05, 3.63) is 0 Å². The number of hydrogen-bond donors (Lipinski definition) is 1. The Labute approximate surface area is 176 Å². The van der Waals surface area contributed by atoms with E-state index in [1.807, 2.05) is 0 Å². The van der Waals surface area contributed by atoms with E-state index in [1.165, 1.54) is 95.7 Å². The second-order valence-electron chi connectivity index (χ2n) is 9.46. The fraction of sp³-hybridized carbons (Fsp3) is 0.960. The molecule has 0 aromatic rings. The Morgan fingerprint density at radius 2 is 1.32 bits per heavy atom. The highest BCUT2D eigenvalue weighted by molar-refractivity contribution is 5.76. The summed E-state index contributed by atoms with van der Waals surface area (Å²) in [6.45, 7) is 11.2. The summed E-state index contributed by atoms with van der Waals surface area (Å²) in [6, 6.07) is 0. The first kappa shape index (κ1) is 25.6. The van der Waals surface area contributed by atoms with Gasteiger partial charge in [-0.3, -0.25) is 4.48 Å². The Balaban J connectivity index is 1.87. The van der Waals surface area contributed by atoms with Gasteiger partial charge in [-0.05, 0) is 19.3 Å². The molecule has 1 atom stereocenters. The number of unbranched alkanes of at least 4 members (excludes halogenated alkanes) is 12. The first-order chi connectivity index (χ1) is 13.6. The maximum absolute atomic E-state index is 9.38. The topological polar surface area (TPSA) is 32.6 Å². The van der Waals surface area contributed by atoms with Crippen LogP contribution in [0.3, 0.4) is 0 Å². The molecule has 0 radical (unpaired) electrons. The van der Waals surface area contributed by atoms with Gasteiger partial charge in [0, 0.05) is 6.42 Å². The maximum atomic E-state index is 9.38. The molecule has 3 heteroatoms. The van der Waals surface area contributed by atoms with E-state index in [1.54, 1.807) is 0 Å². The minimum absolute atomic E-state index is 0.283. The van der Waals surface area contributed by atoms with Crippen LogP contribution in [-0.2, 0) is 0 Å². The van der Waals surface area contributed by atoms with Crippen LogP contribution in [0.2, 0.25) is 0 Å². The van der Waals surface area contributed by atoms with Crippen molar-refractivity contribution >= 4 is 5.84 Å². The normalized spacial score (nSPS) is 19.5. The molecule has 166 valence electrons. The molecular weight excluding hydrogens is 344 g/mol. The van der Waals surface area contributed by atoms with Gasteiger partial charge in [0.1, 0.15) is 13.1 Å². The number of amidine groups is 1. The summed E-state index contributed by atoms with van der Waals surface area (Å²) in [6.07, 6.45) is 21.0. The lowest BCUT2D eigenvalue weighted by Crippen LogP contribution is -2.52. The van der Waals surface area contributed by atoms with Crippen molar-refractivity contribution in [2.75, 3.05) is 32.8 Å². The molecule has 0 bridgehead atoms. The second-order valence-corrected chi connectivity index (χ2v) is 9.46. The van der Waals surface area contributed by atoms with E-state index in [0.29, 0.717) is 0 Å². The van der Waals surface area contributed by atoms with Crippen LogP contribution in [0.1, 0.15) is 117 Å². The van der Waals surface area contributed by atoms with Gasteiger partial charge in [-0.25, -0.2) is 4.99 Å². The summed E-state index contributed by atoms with van der Waals surface area (Å²) in [7, 11) is 0. The summed E-state index contributed by atoms with van der Waals surface area (Å²) in [5, 5.41) is 9.38. The Bertz CT molecular complexity index is 394. The largest absolute Gasteiger partial charge is 0.390 e. The van der Waals surface area contributed by atoms with Crippen LogP contribution in [0.25, 0.3) is 0 Å². The molecule has 1 heterocycles. The number of quaternary nitrogens is 1. The molecule has 1 aliphatic heterocycles. The first-order valence-corrected chi connectivity index (χ1v) is 12.7. The second kappa shape index (κ2) is 16.4. The monoisotopic (exact) mass is 395 g/mol. The van der Waals surface area contributed by atoms with Gasteiger partial charge in [0.25, 0.3) is 0 Å². The fourth-order valence-electron chi connectivity index (χ4n) is 4.68. The van der Waals surface area contributed by atoms with E-state index >= 15 is 0 Å². The molecule has 3 nitrogen and oxygen atoms in total. The van der Waals surface area contributed by atoms with E-state index in [0.717, 1.165) is 43.0 Å². The van der Waals surface area contributed by atoms with Gasteiger partial charge in [-0.15, -0.1) is 0 Å². The van der Waals surface area contributed by atoms with Crippen molar-refractivity contribution in [1.29, 1.82) is 0 Å². The van der Waals surface area contributed by atoms with Crippen LogP contribution in [0, 0.1) is 5.92 Å². The SMILES string of the molecule is CC[N+]1(CCO)CCN=C1CCCCCCCCCCCCCCCC(C)C. The molecule has 1 unspecified atom stereocenters. The van der Waals surface area contributed by atoms with Gasteiger partial charge in [0.15, 0.2) is 5.84 Å². The third-order valence-electron chi connectivity index (χ3n) is 6.69.